The molecule has 3 nitrogen and oxygen atoms in total. The predicted molar refractivity (Wildman–Crippen MR) is 112 cm³/mol. The third-order valence-electron chi connectivity index (χ3n) is 5.42. The lowest BCUT2D eigenvalue weighted by Crippen LogP contribution is -2.33. The molecule has 0 amide bonds. The lowest BCUT2D eigenvalue weighted by molar-refractivity contribution is 0.612. The second kappa shape index (κ2) is 5.60. The maximum Gasteiger partial charge on any atom is 0.131 e. The second-order valence-electron chi connectivity index (χ2n) is 6.97. The van der Waals surface area contributed by atoms with Gasteiger partial charge in [-0.15, -0.1) is 0 Å². The van der Waals surface area contributed by atoms with Gasteiger partial charge in [-0.3, -0.25) is 0 Å². The van der Waals surface area contributed by atoms with Crippen LogP contribution in [0.15, 0.2) is 97.6 Å². The Balaban J connectivity index is 1.75. The molecule has 0 bridgehead atoms. The van der Waals surface area contributed by atoms with Gasteiger partial charge in [0.25, 0.3) is 0 Å². The van der Waals surface area contributed by atoms with Gasteiger partial charge in [0.1, 0.15) is 5.82 Å². The van der Waals surface area contributed by atoms with E-state index in [4.69, 9.17) is 0 Å². The van der Waals surface area contributed by atoms with E-state index in [1.165, 1.54) is 0 Å². The van der Waals surface area contributed by atoms with Crippen molar-refractivity contribution in [3.63, 3.8) is 0 Å². The first kappa shape index (κ1) is 15.3. The fourth-order valence-corrected chi connectivity index (χ4v) is 4.20. The first-order valence-corrected chi connectivity index (χ1v) is 9.24. The van der Waals surface area contributed by atoms with Gasteiger partial charge in [0, 0.05) is 40.9 Å². The number of anilines is 1. The molecule has 4 heteroatoms. The number of aromatic nitrogens is 2. The number of nitrogens with zero attached hydrogens (tertiary/aromatic N) is 3. The van der Waals surface area contributed by atoms with Crippen molar-refractivity contribution in [2.24, 2.45) is 0 Å². The first-order chi connectivity index (χ1) is 13.8. The van der Waals surface area contributed by atoms with Crippen molar-refractivity contribution in [1.82, 2.24) is 9.35 Å². The molecule has 0 aliphatic carbocycles. The molecule has 0 atom stereocenters. The zero-order valence-corrected chi connectivity index (χ0v) is 15.0. The van der Waals surface area contributed by atoms with Crippen molar-refractivity contribution < 1.29 is 4.39 Å². The topological polar surface area (TPSA) is 13.1 Å². The Hall–Kier alpha value is -3.79. The molecule has 0 saturated heterocycles. The van der Waals surface area contributed by atoms with Crippen molar-refractivity contribution >= 4 is 38.0 Å². The van der Waals surface area contributed by atoms with E-state index in [-0.39, 0.29) is 5.82 Å². The van der Waals surface area contributed by atoms with Crippen LogP contribution in [0.5, 0.6) is 0 Å². The van der Waals surface area contributed by atoms with Crippen molar-refractivity contribution in [2.75, 3.05) is 5.12 Å². The molecule has 0 aliphatic heterocycles. The minimum atomic E-state index is -0.181. The molecule has 0 unspecified atom stereocenters. The fraction of sp³-hybridized carbons (Fsp3) is 0. The smallest absolute Gasteiger partial charge is 0.131 e. The molecule has 2 heterocycles. The van der Waals surface area contributed by atoms with Crippen LogP contribution in [-0.4, -0.2) is 9.35 Å². The van der Waals surface area contributed by atoms with Gasteiger partial charge >= 0.3 is 0 Å². The van der Waals surface area contributed by atoms with E-state index in [2.05, 4.69) is 29.4 Å². The van der Waals surface area contributed by atoms with Crippen molar-refractivity contribution in [2.45, 2.75) is 0 Å². The van der Waals surface area contributed by atoms with Crippen LogP contribution >= 0.6 is 0 Å². The van der Waals surface area contributed by atoms with E-state index in [1.807, 2.05) is 76.6 Å². The largest absolute Gasteiger partial charge is 0.249 e. The Kier molecular flexibility index (Phi) is 3.06. The van der Waals surface area contributed by atoms with Crippen LogP contribution in [0.1, 0.15) is 0 Å². The summed E-state index contributed by atoms with van der Waals surface area (Å²) in [6.07, 6.45) is 8.05. The lowest BCUT2D eigenvalue weighted by Gasteiger charge is -2.28. The molecule has 0 radical (unpaired) electrons. The van der Waals surface area contributed by atoms with Gasteiger partial charge in [-0.25, -0.2) is 13.7 Å². The monoisotopic (exact) mass is 365 g/mol. The summed E-state index contributed by atoms with van der Waals surface area (Å²) < 4.78 is 18.6. The van der Waals surface area contributed by atoms with E-state index < -0.39 is 0 Å². The van der Waals surface area contributed by atoms with Crippen LogP contribution in [0.4, 0.5) is 10.1 Å². The summed E-state index contributed by atoms with van der Waals surface area (Å²) in [7, 11) is 0. The minimum Gasteiger partial charge on any atom is -0.249 e. The zero-order valence-electron chi connectivity index (χ0n) is 15.0. The van der Waals surface area contributed by atoms with E-state index in [9.17, 15) is 4.39 Å². The Morgan fingerprint density at radius 2 is 1.07 bits per heavy atom. The third-order valence-corrected chi connectivity index (χ3v) is 5.42. The molecule has 0 saturated carbocycles. The summed E-state index contributed by atoms with van der Waals surface area (Å²) in [6, 6.07) is 23.8. The molecule has 0 fully saturated rings. The van der Waals surface area contributed by atoms with Crippen molar-refractivity contribution in [1.29, 1.82) is 0 Å². The summed E-state index contributed by atoms with van der Waals surface area (Å²) in [6.45, 7) is 0. The van der Waals surface area contributed by atoms with Gasteiger partial charge in [0.15, 0.2) is 0 Å². The maximum atomic E-state index is 14.5. The molecule has 2 aromatic heterocycles. The van der Waals surface area contributed by atoms with Crippen LogP contribution < -0.4 is 5.12 Å². The molecule has 0 N–H and O–H groups in total. The van der Waals surface area contributed by atoms with Crippen LogP contribution in [0.25, 0.3) is 32.3 Å². The van der Waals surface area contributed by atoms with Gasteiger partial charge in [0.05, 0.1) is 5.69 Å². The lowest BCUT2D eigenvalue weighted by atomic mass is 9.93. The molecule has 4 aromatic carbocycles. The van der Waals surface area contributed by atoms with Gasteiger partial charge in [-0.05, 0) is 52.6 Å². The highest BCUT2D eigenvalue weighted by Gasteiger charge is 2.17. The predicted octanol–water partition coefficient (Wildman–Crippen LogP) is 6.06. The molecule has 28 heavy (non-hydrogen) atoms. The molecule has 6 aromatic rings. The van der Waals surface area contributed by atoms with E-state index in [0.29, 0.717) is 5.39 Å². The normalized spacial score (nSPS) is 11.8. The average Bonchev–Trinajstić information content (AvgIpc) is 3.43. The first-order valence-electron chi connectivity index (χ1n) is 9.24. The van der Waals surface area contributed by atoms with Crippen LogP contribution in [0.3, 0.4) is 0 Å². The molecule has 134 valence electrons. The summed E-state index contributed by atoms with van der Waals surface area (Å²) in [5.41, 5.74) is 1.03. The summed E-state index contributed by atoms with van der Waals surface area (Å²) in [4.78, 5) is 0. The molecule has 0 spiro atoms. The highest BCUT2D eigenvalue weighted by atomic mass is 19.1. The Labute approximate surface area is 160 Å². The number of halogens is 1. The fourth-order valence-electron chi connectivity index (χ4n) is 4.20. The Bertz CT molecular complexity index is 1380. The van der Waals surface area contributed by atoms with Crippen molar-refractivity contribution in [3.8, 4) is 0 Å². The van der Waals surface area contributed by atoms with Gasteiger partial charge in [-0.2, -0.15) is 5.12 Å². The molecule has 6 rings (SSSR count). The molecular formula is C24H16FN3. The summed E-state index contributed by atoms with van der Waals surface area (Å²) in [5, 5.41) is 8.10. The van der Waals surface area contributed by atoms with Gasteiger partial charge in [0.2, 0.25) is 0 Å². The molecular weight excluding hydrogens is 349 g/mol. The van der Waals surface area contributed by atoms with Crippen LogP contribution in [0, 0.1) is 5.82 Å². The van der Waals surface area contributed by atoms with E-state index in [1.54, 1.807) is 6.07 Å². The highest BCUT2D eigenvalue weighted by molar-refractivity contribution is 6.25. The van der Waals surface area contributed by atoms with Crippen LogP contribution in [0.2, 0.25) is 0 Å². The quantitative estimate of drug-likeness (QED) is 0.348. The number of hydrogen-bond acceptors (Lipinski definition) is 1. The number of benzene rings is 4. The van der Waals surface area contributed by atoms with Crippen LogP contribution in [-0.2, 0) is 0 Å². The minimum absolute atomic E-state index is 0.181. The number of hydrogen-bond donors (Lipinski definition) is 0. The van der Waals surface area contributed by atoms with Gasteiger partial charge in [-0.1, -0.05) is 36.4 Å². The second-order valence-corrected chi connectivity index (χ2v) is 6.97. The third kappa shape index (κ3) is 2.03. The van der Waals surface area contributed by atoms with Gasteiger partial charge < -0.3 is 0 Å². The zero-order chi connectivity index (χ0) is 18.7. The van der Waals surface area contributed by atoms with E-state index >= 15 is 0 Å². The Morgan fingerprint density at radius 1 is 0.571 bits per heavy atom. The molecule has 0 aliphatic rings. The average molecular weight is 365 g/mol. The Morgan fingerprint density at radius 3 is 1.71 bits per heavy atom. The number of rotatable bonds is 3. The SMILES string of the molecule is Fc1ccc2ccc3c(N(n4cccc4)n4cccc4)ccc4ccc1c2c43. The maximum absolute atomic E-state index is 14.5. The summed E-state index contributed by atoms with van der Waals surface area (Å²) >= 11 is 0. The standard InChI is InChI=1S/C24H16FN3/c25-21-11-7-17-6-10-20-22(12-8-18-5-9-19(21)23(17)24(18)20)28(26-13-1-2-14-26)27-15-3-4-16-27/h1-16H. The highest BCUT2D eigenvalue weighted by Crippen LogP contribution is 2.39. The van der Waals surface area contributed by atoms with E-state index in [0.717, 1.165) is 32.6 Å². The van der Waals surface area contributed by atoms with Crippen molar-refractivity contribution in [3.05, 3.63) is 103 Å². The summed E-state index contributed by atoms with van der Waals surface area (Å²) in [5.74, 6) is -0.181.